The first-order valence-corrected chi connectivity index (χ1v) is 8.90. The van der Waals surface area contributed by atoms with Gasteiger partial charge >= 0.3 is 0 Å². The zero-order valence-electron chi connectivity index (χ0n) is 11.8. The van der Waals surface area contributed by atoms with Crippen LogP contribution in [-0.2, 0) is 9.84 Å². The first kappa shape index (κ1) is 15.4. The SMILES string of the molecule is CCNC(CS(=O)(=O)c1cccc(F)c1)C1CCCC1. The highest BCUT2D eigenvalue weighted by molar-refractivity contribution is 7.91. The largest absolute Gasteiger partial charge is 0.313 e. The molecule has 20 heavy (non-hydrogen) atoms. The second kappa shape index (κ2) is 6.68. The molecule has 1 atom stereocenters. The second-order valence-corrected chi connectivity index (χ2v) is 7.48. The lowest BCUT2D eigenvalue weighted by Crippen LogP contribution is -2.40. The highest BCUT2D eigenvalue weighted by atomic mass is 32.2. The minimum atomic E-state index is -3.44. The number of sulfone groups is 1. The third-order valence-electron chi connectivity index (χ3n) is 3.99. The molecule has 0 saturated heterocycles. The number of benzene rings is 1. The molecule has 5 heteroatoms. The Labute approximate surface area is 120 Å². The van der Waals surface area contributed by atoms with Gasteiger partial charge in [-0.25, -0.2) is 12.8 Å². The van der Waals surface area contributed by atoms with E-state index in [0.29, 0.717) is 5.92 Å². The van der Waals surface area contributed by atoms with Crippen LogP contribution in [0.15, 0.2) is 29.2 Å². The summed E-state index contributed by atoms with van der Waals surface area (Å²) < 4.78 is 38.0. The summed E-state index contributed by atoms with van der Waals surface area (Å²) in [7, 11) is -3.44. The van der Waals surface area contributed by atoms with Gasteiger partial charge in [0.05, 0.1) is 10.6 Å². The van der Waals surface area contributed by atoms with Crippen LogP contribution in [0.5, 0.6) is 0 Å². The van der Waals surface area contributed by atoms with Gasteiger partial charge in [-0.05, 0) is 43.5 Å². The lowest BCUT2D eigenvalue weighted by atomic mass is 10.00. The van der Waals surface area contributed by atoms with Crippen molar-refractivity contribution in [3.63, 3.8) is 0 Å². The fraction of sp³-hybridized carbons (Fsp3) is 0.600. The summed E-state index contributed by atoms with van der Waals surface area (Å²) in [5.74, 6) is -0.0418. The summed E-state index contributed by atoms with van der Waals surface area (Å²) in [6.45, 7) is 2.73. The predicted molar refractivity (Wildman–Crippen MR) is 77.9 cm³/mol. The Hall–Kier alpha value is -0.940. The van der Waals surface area contributed by atoms with Crippen LogP contribution in [0, 0.1) is 11.7 Å². The molecule has 0 aliphatic heterocycles. The van der Waals surface area contributed by atoms with E-state index in [9.17, 15) is 12.8 Å². The van der Waals surface area contributed by atoms with E-state index in [-0.39, 0.29) is 16.7 Å². The molecule has 2 rings (SSSR count). The van der Waals surface area contributed by atoms with E-state index in [1.807, 2.05) is 6.92 Å². The van der Waals surface area contributed by atoms with Crippen LogP contribution in [0.3, 0.4) is 0 Å². The van der Waals surface area contributed by atoms with Crippen molar-refractivity contribution in [2.45, 2.75) is 43.5 Å². The lowest BCUT2D eigenvalue weighted by molar-refractivity contribution is 0.388. The van der Waals surface area contributed by atoms with Crippen LogP contribution in [0.2, 0.25) is 0 Å². The van der Waals surface area contributed by atoms with E-state index >= 15 is 0 Å². The fourth-order valence-electron chi connectivity index (χ4n) is 2.98. The summed E-state index contributed by atoms with van der Waals surface area (Å²) >= 11 is 0. The molecule has 112 valence electrons. The average molecular weight is 299 g/mol. The molecule has 0 radical (unpaired) electrons. The molecule has 1 aliphatic carbocycles. The summed E-state index contributed by atoms with van der Waals surface area (Å²) in [4.78, 5) is 0.0819. The first-order chi connectivity index (χ1) is 9.53. The quantitative estimate of drug-likeness (QED) is 0.878. The van der Waals surface area contributed by atoms with Crippen molar-refractivity contribution in [1.29, 1.82) is 0 Å². The molecule has 0 heterocycles. The van der Waals surface area contributed by atoms with E-state index in [0.717, 1.165) is 25.5 Å². The number of hydrogen-bond donors (Lipinski definition) is 1. The standard InChI is InChI=1S/C15H22FNO2S/c1-2-17-15(12-6-3-4-7-12)11-20(18,19)14-9-5-8-13(16)10-14/h5,8-10,12,15,17H,2-4,6-7,11H2,1H3. The van der Waals surface area contributed by atoms with Crippen molar-refractivity contribution >= 4 is 9.84 Å². The van der Waals surface area contributed by atoms with Gasteiger partial charge in [-0.3, -0.25) is 0 Å². The normalized spacial score (nSPS) is 18.3. The maximum atomic E-state index is 13.2. The first-order valence-electron chi connectivity index (χ1n) is 7.24. The summed E-state index contributed by atoms with van der Waals surface area (Å²) in [6, 6.07) is 5.25. The Kier molecular flexibility index (Phi) is 5.16. The maximum Gasteiger partial charge on any atom is 0.180 e. The molecule has 1 saturated carbocycles. The molecular weight excluding hydrogens is 277 g/mol. The molecule has 1 aliphatic rings. The van der Waals surface area contributed by atoms with E-state index in [1.165, 1.54) is 31.0 Å². The Bertz CT molecular complexity index is 539. The topological polar surface area (TPSA) is 46.2 Å². The van der Waals surface area contributed by atoms with Crippen LogP contribution in [0.4, 0.5) is 4.39 Å². The van der Waals surface area contributed by atoms with E-state index in [2.05, 4.69) is 5.32 Å². The smallest absolute Gasteiger partial charge is 0.180 e. The van der Waals surface area contributed by atoms with Gasteiger partial charge in [-0.1, -0.05) is 25.8 Å². The Morgan fingerprint density at radius 3 is 2.65 bits per heavy atom. The third-order valence-corrected chi connectivity index (χ3v) is 5.76. The van der Waals surface area contributed by atoms with Gasteiger partial charge in [-0.2, -0.15) is 0 Å². The minimum Gasteiger partial charge on any atom is -0.313 e. The van der Waals surface area contributed by atoms with Crippen LogP contribution >= 0.6 is 0 Å². The van der Waals surface area contributed by atoms with Crippen molar-refractivity contribution in [2.24, 2.45) is 5.92 Å². The second-order valence-electron chi connectivity index (χ2n) is 5.45. The van der Waals surface area contributed by atoms with Gasteiger partial charge in [0, 0.05) is 6.04 Å². The van der Waals surface area contributed by atoms with Crippen LogP contribution < -0.4 is 5.32 Å². The van der Waals surface area contributed by atoms with Crippen molar-refractivity contribution in [1.82, 2.24) is 5.32 Å². The molecule has 1 aromatic rings. The summed E-state index contributed by atoms with van der Waals surface area (Å²) in [5, 5.41) is 3.29. The molecule has 1 fully saturated rings. The van der Waals surface area contributed by atoms with Gasteiger partial charge in [0.15, 0.2) is 9.84 Å². The van der Waals surface area contributed by atoms with Gasteiger partial charge < -0.3 is 5.32 Å². The van der Waals surface area contributed by atoms with E-state index < -0.39 is 15.7 Å². The van der Waals surface area contributed by atoms with Crippen LogP contribution in [0.1, 0.15) is 32.6 Å². The highest BCUT2D eigenvalue weighted by Gasteiger charge is 2.29. The van der Waals surface area contributed by atoms with Crippen molar-refractivity contribution in [2.75, 3.05) is 12.3 Å². The molecule has 0 aromatic heterocycles. The minimum absolute atomic E-state index is 0.0317. The van der Waals surface area contributed by atoms with Crippen LogP contribution in [-0.4, -0.2) is 26.8 Å². The number of nitrogens with one attached hydrogen (secondary N) is 1. The molecule has 1 unspecified atom stereocenters. The van der Waals surface area contributed by atoms with Crippen molar-refractivity contribution < 1.29 is 12.8 Å². The van der Waals surface area contributed by atoms with E-state index in [1.54, 1.807) is 0 Å². The maximum absolute atomic E-state index is 13.2. The molecule has 3 nitrogen and oxygen atoms in total. The highest BCUT2D eigenvalue weighted by Crippen LogP contribution is 2.29. The molecule has 1 aromatic carbocycles. The van der Waals surface area contributed by atoms with Gasteiger partial charge in [0.25, 0.3) is 0 Å². The predicted octanol–water partition coefficient (Wildman–Crippen LogP) is 2.77. The van der Waals surface area contributed by atoms with Gasteiger partial charge in [0.2, 0.25) is 0 Å². The zero-order valence-corrected chi connectivity index (χ0v) is 12.6. The summed E-state index contributed by atoms with van der Waals surface area (Å²) in [5.41, 5.74) is 0. The van der Waals surface area contributed by atoms with Crippen LogP contribution in [0.25, 0.3) is 0 Å². The zero-order chi connectivity index (χ0) is 14.6. The molecular formula is C15H22FNO2S. The molecule has 0 spiro atoms. The molecule has 1 N–H and O–H groups in total. The molecule has 0 bridgehead atoms. The van der Waals surface area contributed by atoms with Crippen molar-refractivity contribution in [3.8, 4) is 0 Å². The average Bonchev–Trinajstić information content (AvgIpc) is 2.92. The third kappa shape index (κ3) is 3.79. The number of halogens is 1. The number of hydrogen-bond acceptors (Lipinski definition) is 3. The lowest BCUT2D eigenvalue weighted by Gasteiger charge is -2.24. The van der Waals surface area contributed by atoms with E-state index in [4.69, 9.17) is 0 Å². The Morgan fingerprint density at radius 2 is 2.05 bits per heavy atom. The van der Waals surface area contributed by atoms with Gasteiger partial charge in [-0.15, -0.1) is 0 Å². The fourth-order valence-corrected chi connectivity index (χ4v) is 4.61. The Morgan fingerprint density at radius 1 is 1.35 bits per heavy atom. The monoisotopic (exact) mass is 299 g/mol. The number of rotatable bonds is 6. The van der Waals surface area contributed by atoms with Gasteiger partial charge in [0.1, 0.15) is 5.82 Å². The Balaban J connectivity index is 2.15. The van der Waals surface area contributed by atoms with Crippen molar-refractivity contribution in [3.05, 3.63) is 30.1 Å². The summed E-state index contributed by atoms with van der Waals surface area (Å²) in [6.07, 6.45) is 4.51. The molecule has 0 amide bonds.